The Bertz CT molecular complexity index is 423. The first-order valence-corrected chi connectivity index (χ1v) is 4.13. The summed E-state index contributed by atoms with van der Waals surface area (Å²) in [6.45, 7) is 0. The lowest BCUT2D eigenvalue weighted by molar-refractivity contribution is 0.476. The molecule has 0 amide bonds. The molecule has 2 heteroatoms. The van der Waals surface area contributed by atoms with Crippen molar-refractivity contribution in [2.75, 3.05) is 0 Å². The van der Waals surface area contributed by atoms with Gasteiger partial charge in [-0.15, -0.1) is 12.6 Å². The van der Waals surface area contributed by atoms with Gasteiger partial charge in [-0.2, -0.15) is 0 Å². The molecule has 0 fully saturated rings. The number of rotatable bonds is 0. The smallest absolute Gasteiger partial charge is 0.116 e. The molecule has 0 aromatic heterocycles. The molecular formula is C10H8OS. The molecule has 1 nitrogen and oxygen atoms in total. The summed E-state index contributed by atoms with van der Waals surface area (Å²) >= 11 is 4.29. The largest absolute Gasteiger partial charge is 0.508 e. The zero-order valence-corrected chi connectivity index (χ0v) is 7.25. The molecule has 0 atom stereocenters. The van der Waals surface area contributed by atoms with Crippen molar-refractivity contribution in [1.82, 2.24) is 0 Å². The number of phenols is 1. The number of hydrogen-bond donors (Lipinski definition) is 2. The zero-order valence-electron chi connectivity index (χ0n) is 6.36. The fourth-order valence-corrected chi connectivity index (χ4v) is 1.52. The summed E-state index contributed by atoms with van der Waals surface area (Å²) in [7, 11) is 0. The molecule has 0 saturated carbocycles. The van der Waals surface area contributed by atoms with Crippen LogP contribution in [0.5, 0.6) is 5.75 Å². The van der Waals surface area contributed by atoms with E-state index in [1.54, 1.807) is 12.1 Å². The second kappa shape index (κ2) is 2.72. The maximum absolute atomic E-state index is 9.22. The maximum Gasteiger partial charge on any atom is 0.116 e. The summed E-state index contributed by atoms with van der Waals surface area (Å²) in [4.78, 5) is 0.892. The molecule has 0 aliphatic carbocycles. The first-order chi connectivity index (χ1) is 5.77. The average molecular weight is 176 g/mol. The van der Waals surface area contributed by atoms with Crippen molar-refractivity contribution in [1.29, 1.82) is 0 Å². The number of phenolic OH excluding ortho intramolecular Hbond substituents is 1. The monoisotopic (exact) mass is 176 g/mol. The molecule has 0 spiro atoms. The molecule has 12 heavy (non-hydrogen) atoms. The topological polar surface area (TPSA) is 20.2 Å². The highest BCUT2D eigenvalue weighted by Gasteiger charge is 1.97. The van der Waals surface area contributed by atoms with Gasteiger partial charge in [0, 0.05) is 4.90 Å². The fraction of sp³-hybridized carbons (Fsp3) is 0. The molecule has 2 rings (SSSR count). The van der Waals surface area contributed by atoms with E-state index in [1.165, 1.54) is 0 Å². The summed E-state index contributed by atoms with van der Waals surface area (Å²) in [6.07, 6.45) is 0. The molecular weight excluding hydrogens is 168 g/mol. The highest BCUT2D eigenvalue weighted by atomic mass is 32.1. The lowest BCUT2D eigenvalue weighted by atomic mass is 10.1. The number of fused-ring (bicyclic) bond motifs is 1. The van der Waals surface area contributed by atoms with Crippen LogP contribution in [0.4, 0.5) is 0 Å². The van der Waals surface area contributed by atoms with E-state index in [1.807, 2.05) is 24.3 Å². The van der Waals surface area contributed by atoms with Crippen LogP contribution in [0.25, 0.3) is 10.8 Å². The Balaban J connectivity index is 2.88. The van der Waals surface area contributed by atoms with Gasteiger partial charge in [0.1, 0.15) is 5.75 Å². The molecule has 0 saturated heterocycles. The number of hydrogen-bond acceptors (Lipinski definition) is 2. The Morgan fingerprint density at radius 3 is 2.75 bits per heavy atom. The van der Waals surface area contributed by atoms with Crippen LogP contribution < -0.4 is 0 Å². The van der Waals surface area contributed by atoms with Crippen molar-refractivity contribution in [3.63, 3.8) is 0 Å². The number of thiol groups is 1. The summed E-state index contributed by atoms with van der Waals surface area (Å²) in [5, 5.41) is 11.3. The summed E-state index contributed by atoms with van der Waals surface area (Å²) in [5.41, 5.74) is 0. The van der Waals surface area contributed by atoms with E-state index in [0.717, 1.165) is 15.7 Å². The Morgan fingerprint density at radius 2 is 1.92 bits per heavy atom. The molecule has 1 N–H and O–H groups in total. The Morgan fingerprint density at radius 1 is 1.08 bits per heavy atom. The summed E-state index contributed by atoms with van der Waals surface area (Å²) < 4.78 is 0. The summed E-state index contributed by atoms with van der Waals surface area (Å²) in [5.74, 6) is 0.281. The van der Waals surface area contributed by atoms with Gasteiger partial charge in [0.2, 0.25) is 0 Å². The van der Waals surface area contributed by atoms with E-state index >= 15 is 0 Å². The fourth-order valence-electron chi connectivity index (χ4n) is 1.24. The second-order valence-electron chi connectivity index (χ2n) is 2.68. The summed E-state index contributed by atoms with van der Waals surface area (Å²) in [6, 6.07) is 11.1. The first kappa shape index (κ1) is 7.50. The third kappa shape index (κ3) is 1.14. The number of aromatic hydroxyl groups is 1. The molecule has 2 aromatic carbocycles. The van der Waals surface area contributed by atoms with Gasteiger partial charge < -0.3 is 5.11 Å². The number of benzene rings is 2. The minimum atomic E-state index is 0.281. The standard InChI is InChI=1S/C10H8OS/c11-8-5-4-7-2-1-3-10(12)9(7)6-8/h1-6,11-12H. The lowest BCUT2D eigenvalue weighted by Gasteiger charge is -2.00. The molecule has 0 aliphatic heterocycles. The van der Waals surface area contributed by atoms with Crippen LogP contribution >= 0.6 is 12.6 Å². The van der Waals surface area contributed by atoms with Crippen molar-refractivity contribution in [3.8, 4) is 5.75 Å². The highest BCUT2D eigenvalue weighted by molar-refractivity contribution is 7.80. The Hall–Kier alpha value is -1.15. The second-order valence-corrected chi connectivity index (χ2v) is 3.16. The van der Waals surface area contributed by atoms with Crippen LogP contribution in [0.1, 0.15) is 0 Å². The van der Waals surface area contributed by atoms with Gasteiger partial charge in [-0.3, -0.25) is 0 Å². The normalized spacial score (nSPS) is 10.4. The van der Waals surface area contributed by atoms with Gasteiger partial charge >= 0.3 is 0 Å². The molecule has 2 aromatic rings. The molecule has 0 radical (unpaired) electrons. The van der Waals surface area contributed by atoms with Gasteiger partial charge in [0.25, 0.3) is 0 Å². The minimum absolute atomic E-state index is 0.281. The third-order valence-corrected chi connectivity index (χ3v) is 2.23. The highest BCUT2D eigenvalue weighted by Crippen LogP contribution is 2.25. The third-order valence-electron chi connectivity index (χ3n) is 1.84. The van der Waals surface area contributed by atoms with Crippen molar-refractivity contribution >= 4 is 23.4 Å². The predicted molar refractivity (Wildman–Crippen MR) is 52.9 cm³/mol. The van der Waals surface area contributed by atoms with Crippen LogP contribution in [0, 0.1) is 0 Å². The Kier molecular flexibility index (Phi) is 1.70. The van der Waals surface area contributed by atoms with Crippen LogP contribution in [0.3, 0.4) is 0 Å². The van der Waals surface area contributed by atoms with Crippen LogP contribution in [0.15, 0.2) is 41.3 Å². The molecule has 0 aliphatic rings. The first-order valence-electron chi connectivity index (χ1n) is 3.68. The van der Waals surface area contributed by atoms with Gasteiger partial charge in [0.05, 0.1) is 0 Å². The average Bonchev–Trinajstić information content (AvgIpc) is 2.07. The van der Waals surface area contributed by atoms with E-state index in [2.05, 4.69) is 12.6 Å². The van der Waals surface area contributed by atoms with E-state index in [9.17, 15) is 5.11 Å². The quantitative estimate of drug-likeness (QED) is 0.591. The lowest BCUT2D eigenvalue weighted by Crippen LogP contribution is -1.73. The van der Waals surface area contributed by atoms with Crippen molar-refractivity contribution < 1.29 is 5.11 Å². The van der Waals surface area contributed by atoms with E-state index in [-0.39, 0.29) is 5.75 Å². The SMILES string of the molecule is Oc1ccc2cccc(S)c2c1. The van der Waals surface area contributed by atoms with E-state index in [4.69, 9.17) is 0 Å². The van der Waals surface area contributed by atoms with Crippen LogP contribution in [-0.2, 0) is 0 Å². The molecule has 0 bridgehead atoms. The minimum Gasteiger partial charge on any atom is -0.508 e. The van der Waals surface area contributed by atoms with Crippen molar-refractivity contribution in [2.45, 2.75) is 4.90 Å². The maximum atomic E-state index is 9.22. The van der Waals surface area contributed by atoms with E-state index < -0.39 is 0 Å². The van der Waals surface area contributed by atoms with Gasteiger partial charge in [-0.25, -0.2) is 0 Å². The molecule has 60 valence electrons. The Labute approximate surface area is 76.1 Å². The van der Waals surface area contributed by atoms with Crippen LogP contribution in [-0.4, -0.2) is 5.11 Å². The zero-order chi connectivity index (χ0) is 8.55. The van der Waals surface area contributed by atoms with Crippen LogP contribution in [0.2, 0.25) is 0 Å². The van der Waals surface area contributed by atoms with Gasteiger partial charge in [-0.05, 0) is 29.0 Å². The van der Waals surface area contributed by atoms with Crippen molar-refractivity contribution in [2.24, 2.45) is 0 Å². The molecule has 0 unspecified atom stereocenters. The predicted octanol–water partition coefficient (Wildman–Crippen LogP) is 2.83. The van der Waals surface area contributed by atoms with Gasteiger partial charge in [0.15, 0.2) is 0 Å². The van der Waals surface area contributed by atoms with Gasteiger partial charge in [-0.1, -0.05) is 18.2 Å². The van der Waals surface area contributed by atoms with Crippen molar-refractivity contribution in [3.05, 3.63) is 36.4 Å². The molecule has 0 heterocycles. The van der Waals surface area contributed by atoms with E-state index in [0.29, 0.717) is 0 Å².